The molecule has 4 fully saturated rings. The molecule has 0 aromatic rings. The highest BCUT2D eigenvalue weighted by Gasteiger charge is 2.66. The van der Waals surface area contributed by atoms with Crippen molar-refractivity contribution in [3.63, 3.8) is 0 Å². The second kappa shape index (κ2) is 6.70. The number of esters is 2. The van der Waals surface area contributed by atoms with Crippen LogP contribution in [0.1, 0.15) is 52.9 Å². The van der Waals surface area contributed by atoms with E-state index in [0.717, 1.165) is 39.0 Å². The first-order valence-electron chi connectivity index (χ1n) is 10.4. The summed E-state index contributed by atoms with van der Waals surface area (Å²) in [6, 6.07) is 0. The zero-order valence-corrected chi connectivity index (χ0v) is 16.3. The minimum atomic E-state index is -2.99. The Kier molecular flexibility index (Phi) is 4.75. The van der Waals surface area contributed by atoms with Crippen LogP contribution in [0.15, 0.2) is 0 Å². The predicted molar refractivity (Wildman–Crippen MR) is 93.8 cm³/mol. The second-order valence-corrected chi connectivity index (χ2v) is 9.51. The summed E-state index contributed by atoms with van der Waals surface area (Å²) in [5.41, 5.74) is 0. The Morgan fingerprint density at radius 1 is 1.07 bits per heavy atom. The topological polar surface area (TPSA) is 52.6 Å². The Morgan fingerprint density at radius 3 is 2.41 bits per heavy atom. The van der Waals surface area contributed by atoms with Gasteiger partial charge in [-0.05, 0) is 67.6 Å². The molecule has 0 aromatic heterocycles. The minimum Gasteiger partial charge on any atom is -0.462 e. The summed E-state index contributed by atoms with van der Waals surface area (Å²) in [7, 11) is 0. The van der Waals surface area contributed by atoms with Gasteiger partial charge in [0.05, 0.1) is 11.8 Å². The van der Waals surface area contributed by atoms with E-state index >= 15 is 0 Å². The van der Waals surface area contributed by atoms with Crippen LogP contribution in [-0.2, 0) is 19.1 Å². The fourth-order valence-corrected chi connectivity index (χ4v) is 6.69. The van der Waals surface area contributed by atoms with E-state index in [2.05, 4.69) is 0 Å². The number of ether oxygens (including phenoxy) is 2. The van der Waals surface area contributed by atoms with Gasteiger partial charge >= 0.3 is 11.9 Å². The lowest BCUT2D eigenvalue weighted by Gasteiger charge is -2.40. The third-order valence-electron chi connectivity index (χ3n) is 7.81. The summed E-state index contributed by atoms with van der Waals surface area (Å²) < 4.78 is 36.9. The van der Waals surface area contributed by atoms with Crippen molar-refractivity contribution in [1.29, 1.82) is 0 Å². The molecule has 6 heteroatoms. The van der Waals surface area contributed by atoms with E-state index in [9.17, 15) is 18.4 Å². The van der Waals surface area contributed by atoms with Gasteiger partial charge in [0.1, 0.15) is 6.10 Å². The second-order valence-electron chi connectivity index (χ2n) is 9.51. The van der Waals surface area contributed by atoms with E-state index in [0.29, 0.717) is 29.6 Å². The SMILES string of the molecule is CCC(C)C(=O)OC1CC2CC1C1C3CC(CC3C(=O)OCC(C)(F)F)C21. The lowest BCUT2D eigenvalue weighted by molar-refractivity contribution is -0.165. The maximum absolute atomic E-state index is 13.0. The quantitative estimate of drug-likeness (QED) is 0.512. The molecule has 27 heavy (non-hydrogen) atoms. The number of carbonyl (C=O) groups is 2. The van der Waals surface area contributed by atoms with Crippen molar-refractivity contribution in [2.24, 2.45) is 47.3 Å². The van der Waals surface area contributed by atoms with Crippen LogP contribution in [-0.4, -0.2) is 30.6 Å². The Bertz CT molecular complexity index is 616. The van der Waals surface area contributed by atoms with E-state index < -0.39 is 18.5 Å². The zero-order chi connectivity index (χ0) is 19.5. The zero-order valence-electron chi connectivity index (χ0n) is 16.3. The Balaban J connectivity index is 1.42. The first-order valence-corrected chi connectivity index (χ1v) is 10.4. The van der Waals surface area contributed by atoms with Gasteiger partial charge < -0.3 is 9.47 Å². The summed E-state index contributed by atoms with van der Waals surface area (Å²) in [5, 5.41) is 0. The molecule has 4 aliphatic carbocycles. The molecule has 4 saturated carbocycles. The van der Waals surface area contributed by atoms with Gasteiger partial charge in [-0.25, -0.2) is 8.78 Å². The molecule has 4 aliphatic rings. The van der Waals surface area contributed by atoms with E-state index in [1.807, 2.05) is 13.8 Å². The Morgan fingerprint density at radius 2 is 1.74 bits per heavy atom. The van der Waals surface area contributed by atoms with Crippen LogP contribution in [0.2, 0.25) is 0 Å². The normalized spacial score (nSPS) is 42.9. The highest BCUT2D eigenvalue weighted by molar-refractivity contribution is 5.74. The van der Waals surface area contributed by atoms with Gasteiger partial charge in [0.15, 0.2) is 6.61 Å². The van der Waals surface area contributed by atoms with Crippen LogP contribution in [0.5, 0.6) is 0 Å². The van der Waals surface area contributed by atoms with Crippen LogP contribution in [0, 0.1) is 47.3 Å². The smallest absolute Gasteiger partial charge is 0.309 e. The number of alkyl halides is 2. The van der Waals surface area contributed by atoms with Crippen molar-refractivity contribution < 1.29 is 27.8 Å². The first-order chi connectivity index (χ1) is 12.7. The minimum absolute atomic E-state index is 0.0336. The van der Waals surface area contributed by atoms with E-state index in [1.165, 1.54) is 0 Å². The van der Waals surface area contributed by atoms with Crippen LogP contribution < -0.4 is 0 Å². The Hall–Kier alpha value is -1.20. The van der Waals surface area contributed by atoms with Gasteiger partial charge in [0, 0.05) is 6.92 Å². The molecule has 9 unspecified atom stereocenters. The molecular formula is C21H30F2O4. The summed E-state index contributed by atoms with van der Waals surface area (Å²) in [5.74, 6) is -1.28. The molecule has 0 aliphatic heterocycles. The molecule has 9 atom stereocenters. The van der Waals surface area contributed by atoms with Crippen molar-refractivity contribution in [3.8, 4) is 0 Å². The van der Waals surface area contributed by atoms with Gasteiger partial charge in [-0.1, -0.05) is 13.8 Å². The molecule has 0 aromatic carbocycles. The molecule has 4 nitrogen and oxygen atoms in total. The molecular weight excluding hydrogens is 354 g/mol. The van der Waals surface area contributed by atoms with Crippen molar-refractivity contribution in [2.75, 3.05) is 6.61 Å². The number of fused-ring (bicyclic) bond motifs is 9. The fraction of sp³-hybridized carbons (Fsp3) is 0.905. The molecule has 0 N–H and O–H groups in total. The molecule has 0 radical (unpaired) electrons. The third-order valence-corrected chi connectivity index (χ3v) is 7.81. The number of hydrogen-bond acceptors (Lipinski definition) is 4. The largest absolute Gasteiger partial charge is 0.462 e. The van der Waals surface area contributed by atoms with E-state index in [-0.39, 0.29) is 29.8 Å². The third kappa shape index (κ3) is 3.27. The molecule has 152 valence electrons. The number of halogens is 2. The monoisotopic (exact) mass is 384 g/mol. The van der Waals surface area contributed by atoms with Crippen LogP contribution in [0.3, 0.4) is 0 Å². The highest BCUT2D eigenvalue weighted by Crippen LogP contribution is 2.69. The van der Waals surface area contributed by atoms with E-state index in [4.69, 9.17) is 9.47 Å². The van der Waals surface area contributed by atoms with Gasteiger partial charge in [-0.3, -0.25) is 9.59 Å². The van der Waals surface area contributed by atoms with E-state index in [1.54, 1.807) is 0 Å². The van der Waals surface area contributed by atoms with Gasteiger partial charge in [-0.2, -0.15) is 0 Å². The maximum atomic E-state index is 13.0. The molecule has 0 heterocycles. The van der Waals surface area contributed by atoms with Crippen molar-refractivity contribution in [1.82, 2.24) is 0 Å². The first kappa shape index (κ1) is 19.1. The average Bonchev–Trinajstić information content (AvgIpc) is 3.35. The molecule has 0 saturated heterocycles. The van der Waals surface area contributed by atoms with Crippen molar-refractivity contribution in [2.45, 2.75) is 64.9 Å². The van der Waals surface area contributed by atoms with Gasteiger partial charge in [0.2, 0.25) is 0 Å². The molecule has 0 amide bonds. The predicted octanol–water partition coefficient (Wildman–Crippen LogP) is 4.07. The van der Waals surface area contributed by atoms with Gasteiger partial charge in [-0.15, -0.1) is 0 Å². The van der Waals surface area contributed by atoms with Crippen LogP contribution >= 0.6 is 0 Å². The molecule has 0 spiro atoms. The van der Waals surface area contributed by atoms with Crippen LogP contribution in [0.4, 0.5) is 8.78 Å². The lowest BCUT2D eigenvalue weighted by atomic mass is 9.66. The molecule has 4 bridgehead atoms. The summed E-state index contributed by atoms with van der Waals surface area (Å²) >= 11 is 0. The molecule has 4 rings (SSSR count). The lowest BCUT2D eigenvalue weighted by Crippen LogP contribution is -2.42. The standard InChI is InChI=1S/C21H30F2O4/c1-4-10(2)19(24)27-16-8-12-7-15(16)18-13-5-11(17(12)18)6-14(13)20(25)26-9-21(3,22)23/h10-18H,4-9H2,1-3H3. The highest BCUT2D eigenvalue weighted by atomic mass is 19.3. The van der Waals surface area contributed by atoms with Crippen molar-refractivity contribution in [3.05, 3.63) is 0 Å². The summed E-state index contributed by atoms with van der Waals surface area (Å²) in [6.07, 6.45) is 4.54. The summed E-state index contributed by atoms with van der Waals surface area (Å²) in [6.45, 7) is 3.80. The maximum Gasteiger partial charge on any atom is 0.309 e. The van der Waals surface area contributed by atoms with Gasteiger partial charge in [0.25, 0.3) is 5.92 Å². The van der Waals surface area contributed by atoms with Crippen molar-refractivity contribution >= 4 is 11.9 Å². The number of rotatable bonds is 6. The summed E-state index contributed by atoms with van der Waals surface area (Å²) in [4.78, 5) is 24.7. The average molecular weight is 384 g/mol. The van der Waals surface area contributed by atoms with Crippen LogP contribution in [0.25, 0.3) is 0 Å². The number of carbonyl (C=O) groups excluding carboxylic acids is 2. The number of hydrogen-bond donors (Lipinski definition) is 0. The Labute approximate surface area is 159 Å². The fourth-order valence-electron chi connectivity index (χ4n) is 6.69.